The van der Waals surface area contributed by atoms with Gasteiger partial charge in [0.25, 0.3) is 5.91 Å². The number of urea groups is 1. The summed E-state index contributed by atoms with van der Waals surface area (Å²) in [7, 11) is 0. The second-order valence-electron chi connectivity index (χ2n) is 4.58. The quantitative estimate of drug-likeness (QED) is 0.719. The fourth-order valence-corrected chi connectivity index (χ4v) is 2.31. The fourth-order valence-electron chi connectivity index (χ4n) is 2.11. The first kappa shape index (κ1) is 14.5. The number of amides is 3. The lowest BCUT2D eigenvalue weighted by Gasteiger charge is -2.22. The van der Waals surface area contributed by atoms with Crippen LogP contribution in [0.3, 0.4) is 0 Å². The smallest absolute Gasteiger partial charge is 0.333 e. The number of hydrogen-bond donors (Lipinski definition) is 3. The van der Waals surface area contributed by atoms with Gasteiger partial charge in [-0.1, -0.05) is 30.9 Å². The Balaban J connectivity index is 1.78. The molecule has 108 valence electrons. The molecule has 1 heterocycles. The molecule has 1 aliphatic rings. The molecule has 2 rings (SSSR count). The normalized spacial score (nSPS) is 15.4. The number of nitrogens with zero attached hydrogens (tertiary/aromatic N) is 2. The van der Waals surface area contributed by atoms with Gasteiger partial charge in [0.1, 0.15) is 0 Å². The maximum Gasteiger partial charge on any atom is 0.333 e. The predicted octanol–water partition coefficient (Wildman–Crippen LogP) is 1.41. The highest BCUT2D eigenvalue weighted by Gasteiger charge is 2.17. The Labute approximate surface area is 121 Å². The van der Waals surface area contributed by atoms with Gasteiger partial charge >= 0.3 is 6.03 Å². The van der Waals surface area contributed by atoms with Crippen LogP contribution in [-0.4, -0.2) is 27.9 Å². The number of rotatable bonds is 2. The lowest BCUT2D eigenvalue weighted by Crippen LogP contribution is -2.50. The van der Waals surface area contributed by atoms with Gasteiger partial charge in [-0.25, -0.2) is 20.2 Å². The zero-order valence-electron chi connectivity index (χ0n) is 10.9. The molecular formula is C12H16ClN5O2. The van der Waals surface area contributed by atoms with E-state index < -0.39 is 11.9 Å². The molecule has 0 radical (unpaired) electrons. The third-order valence-corrected chi connectivity index (χ3v) is 3.38. The summed E-state index contributed by atoms with van der Waals surface area (Å²) < 4.78 is 0. The van der Waals surface area contributed by atoms with Crippen molar-refractivity contribution in [1.82, 2.24) is 26.1 Å². The van der Waals surface area contributed by atoms with Crippen molar-refractivity contribution in [1.29, 1.82) is 0 Å². The van der Waals surface area contributed by atoms with Crippen molar-refractivity contribution in [3.05, 3.63) is 23.2 Å². The highest BCUT2D eigenvalue weighted by Crippen LogP contribution is 2.17. The van der Waals surface area contributed by atoms with E-state index in [9.17, 15) is 9.59 Å². The topological polar surface area (TPSA) is 96.0 Å². The predicted molar refractivity (Wildman–Crippen MR) is 73.0 cm³/mol. The minimum atomic E-state index is -0.609. The number of halogens is 1. The molecule has 0 spiro atoms. The molecular weight excluding hydrogens is 282 g/mol. The minimum absolute atomic E-state index is 0.0144. The summed E-state index contributed by atoms with van der Waals surface area (Å²) in [5.41, 5.74) is 4.49. The molecule has 1 fully saturated rings. The number of hydrogen-bond acceptors (Lipinski definition) is 4. The van der Waals surface area contributed by atoms with E-state index in [0.717, 1.165) is 25.7 Å². The summed E-state index contributed by atoms with van der Waals surface area (Å²) in [6.45, 7) is 0. The Morgan fingerprint density at radius 1 is 1.10 bits per heavy atom. The molecule has 0 aliphatic heterocycles. The summed E-state index contributed by atoms with van der Waals surface area (Å²) in [4.78, 5) is 30.9. The average molecular weight is 298 g/mol. The molecule has 0 bridgehead atoms. The Morgan fingerprint density at radius 3 is 2.50 bits per heavy atom. The van der Waals surface area contributed by atoms with E-state index in [0.29, 0.717) is 0 Å². The Bertz CT molecular complexity index is 490. The summed E-state index contributed by atoms with van der Waals surface area (Å²) in [6.07, 6.45) is 8.11. The molecule has 0 saturated heterocycles. The average Bonchev–Trinajstić information content (AvgIpc) is 2.46. The standard InChI is InChI=1S/C12H16ClN5O2/c13-10-9(14-6-7-15-10)11(19)17-18-12(20)16-8-4-2-1-3-5-8/h6-8H,1-5H2,(H,17,19)(H2,16,18,20). The van der Waals surface area contributed by atoms with Crippen molar-refractivity contribution >= 4 is 23.5 Å². The zero-order valence-corrected chi connectivity index (χ0v) is 11.6. The van der Waals surface area contributed by atoms with E-state index >= 15 is 0 Å². The van der Waals surface area contributed by atoms with E-state index in [1.165, 1.54) is 18.8 Å². The van der Waals surface area contributed by atoms with Crippen LogP contribution in [0.5, 0.6) is 0 Å². The second-order valence-corrected chi connectivity index (χ2v) is 4.94. The van der Waals surface area contributed by atoms with E-state index in [-0.39, 0.29) is 16.9 Å². The molecule has 0 atom stereocenters. The van der Waals surface area contributed by atoms with Gasteiger partial charge in [-0.15, -0.1) is 0 Å². The molecule has 0 aromatic carbocycles. The number of carbonyl (C=O) groups excluding carboxylic acids is 2. The molecule has 20 heavy (non-hydrogen) atoms. The molecule has 3 N–H and O–H groups in total. The summed E-state index contributed by atoms with van der Waals surface area (Å²) in [5.74, 6) is -0.609. The maximum atomic E-state index is 11.7. The number of aromatic nitrogens is 2. The van der Waals surface area contributed by atoms with Gasteiger partial charge in [0.05, 0.1) is 0 Å². The highest BCUT2D eigenvalue weighted by molar-refractivity contribution is 6.32. The van der Waals surface area contributed by atoms with E-state index in [1.54, 1.807) is 0 Å². The SMILES string of the molecule is O=C(NNC(=O)c1nccnc1Cl)NC1CCCCC1. The first-order valence-electron chi connectivity index (χ1n) is 6.50. The largest absolute Gasteiger partial charge is 0.334 e. The van der Waals surface area contributed by atoms with Crippen molar-refractivity contribution in [3.63, 3.8) is 0 Å². The number of nitrogens with one attached hydrogen (secondary N) is 3. The van der Waals surface area contributed by atoms with E-state index in [2.05, 4.69) is 26.1 Å². The van der Waals surface area contributed by atoms with Crippen LogP contribution in [0.4, 0.5) is 4.79 Å². The summed E-state index contributed by atoms with van der Waals surface area (Å²) in [6, 6.07) is -0.272. The minimum Gasteiger partial charge on any atom is -0.334 e. The molecule has 7 nitrogen and oxygen atoms in total. The van der Waals surface area contributed by atoms with Crippen molar-refractivity contribution < 1.29 is 9.59 Å². The third kappa shape index (κ3) is 4.06. The van der Waals surface area contributed by atoms with Gasteiger partial charge in [-0.3, -0.25) is 10.2 Å². The monoisotopic (exact) mass is 297 g/mol. The maximum absolute atomic E-state index is 11.7. The van der Waals surface area contributed by atoms with Crippen molar-refractivity contribution in [2.75, 3.05) is 0 Å². The van der Waals surface area contributed by atoms with Crippen molar-refractivity contribution in [2.45, 2.75) is 38.1 Å². The van der Waals surface area contributed by atoms with Gasteiger partial charge in [0, 0.05) is 18.4 Å². The van der Waals surface area contributed by atoms with Gasteiger partial charge in [-0.2, -0.15) is 0 Å². The first-order chi connectivity index (χ1) is 9.66. The van der Waals surface area contributed by atoms with Crippen LogP contribution in [0.25, 0.3) is 0 Å². The fraction of sp³-hybridized carbons (Fsp3) is 0.500. The molecule has 1 aliphatic carbocycles. The van der Waals surface area contributed by atoms with E-state index in [1.807, 2.05) is 0 Å². The number of carbonyl (C=O) groups is 2. The van der Waals surface area contributed by atoms with Crippen molar-refractivity contribution in [3.8, 4) is 0 Å². The first-order valence-corrected chi connectivity index (χ1v) is 6.88. The molecule has 3 amide bonds. The lowest BCUT2D eigenvalue weighted by atomic mass is 9.96. The zero-order chi connectivity index (χ0) is 14.4. The summed E-state index contributed by atoms with van der Waals surface area (Å²) >= 11 is 5.73. The Hall–Kier alpha value is -1.89. The molecule has 1 aromatic heterocycles. The summed E-state index contributed by atoms with van der Waals surface area (Å²) in [5, 5.41) is 2.79. The van der Waals surface area contributed by atoms with Gasteiger partial charge in [0.15, 0.2) is 10.8 Å². The van der Waals surface area contributed by atoms with Crippen LogP contribution in [-0.2, 0) is 0 Å². The van der Waals surface area contributed by atoms with Crippen LogP contribution in [0, 0.1) is 0 Å². The van der Waals surface area contributed by atoms with Crippen LogP contribution >= 0.6 is 11.6 Å². The molecule has 1 aromatic rings. The van der Waals surface area contributed by atoms with Crippen LogP contribution in [0.1, 0.15) is 42.6 Å². The Morgan fingerprint density at radius 2 is 1.80 bits per heavy atom. The highest BCUT2D eigenvalue weighted by atomic mass is 35.5. The molecule has 1 saturated carbocycles. The van der Waals surface area contributed by atoms with Crippen molar-refractivity contribution in [2.24, 2.45) is 0 Å². The Kier molecular flexibility index (Phi) is 5.11. The van der Waals surface area contributed by atoms with Gasteiger partial charge in [0.2, 0.25) is 0 Å². The second kappa shape index (κ2) is 7.04. The lowest BCUT2D eigenvalue weighted by molar-refractivity contribution is 0.0930. The van der Waals surface area contributed by atoms with Gasteiger partial charge in [-0.05, 0) is 12.8 Å². The van der Waals surface area contributed by atoms with Gasteiger partial charge < -0.3 is 5.32 Å². The van der Waals surface area contributed by atoms with Crippen LogP contribution in [0.2, 0.25) is 5.15 Å². The number of hydrazine groups is 1. The van der Waals surface area contributed by atoms with Crippen LogP contribution in [0.15, 0.2) is 12.4 Å². The van der Waals surface area contributed by atoms with E-state index in [4.69, 9.17) is 11.6 Å². The van der Waals surface area contributed by atoms with Crippen LogP contribution < -0.4 is 16.2 Å². The molecule has 8 heteroatoms. The third-order valence-electron chi connectivity index (χ3n) is 3.10. The molecule has 0 unspecified atom stereocenters.